The Morgan fingerprint density at radius 2 is 2.13 bits per heavy atom. The zero-order chi connectivity index (χ0) is 11.5. The highest BCUT2D eigenvalue weighted by atomic mass is 16.5. The summed E-state index contributed by atoms with van der Waals surface area (Å²) in [5, 5.41) is 3.38. The standard InChI is InChI=1S/C13H25NO/c1-5-13(6-2)9-8-12(4)14-10-11-15-7-3/h5,8-9,12,14H,6-7,10-11H2,1-4H3/b9-8-,13-5-. The highest BCUT2D eigenvalue weighted by Gasteiger charge is 1.95. The van der Waals surface area contributed by atoms with Crippen molar-refractivity contribution in [3.05, 3.63) is 23.8 Å². The van der Waals surface area contributed by atoms with Crippen LogP contribution in [-0.2, 0) is 4.74 Å². The van der Waals surface area contributed by atoms with Crippen molar-refractivity contribution in [3.63, 3.8) is 0 Å². The van der Waals surface area contributed by atoms with Crippen molar-refractivity contribution in [1.29, 1.82) is 0 Å². The molecule has 0 aromatic heterocycles. The van der Waals surface area contributed by atoms with Gasteiger partial charge in [0.15, 0.2) is 0 Å². The number of hydrogen-bond acceptors (Lipinski definition) is 2. The summed E-state index contributed by atoms with van der Waals surface area (Å²) in [4.78, 5) is 0. The van der Waals surface area contributed by atoms with E-state index >= 15 is 0 Å². The average molecular weight is 211 g/mol. The molecule has 0 amide bonds. The van der Waals surface area contributed by atoms with E-state index in [1.54, 1.807) is 0 Å². The lowest BCUT2D eigenvalue weighted by atomic mass is 10.1. The molecule has 2 heteroatoms. The normalized spacial score (nSPS) is 14.8. The third kappa shape index (κ3) is 8.40. The molecule has 1 atom stereocenters. The van der Waals surface area contributed by atoms with Crippen molar-refractivity contribution in [2.24, 2.45) is 0 Å². The minimum absolute atomic E-state index is 0.409. The summed E-state index contributed by atoms with van der Waals surface area (Å²) in [6, 6.07) is 0.409. The van der Waals surface area contributed by atoms with Crippen LogP contribution in [0.2, 0.25) is 0 Å². The summed E-state index contributed by atoms with van der Waals surface area (Å²) in [7, 11) is 0. The Labute approximate surface area is 94.4 Å². The fourth-order valence-corrected chi connectivity index (χ4v) is 1.26. The number of allylic oxidation sites excluding steroid dienone is 3. The summed E-state index contributed by atoms with van der Waals surface area (Å²) in [5.41, 5.74) is 1.38. The molecule has 0 heterocycles. The molecule has 0 fully saturated rings. The molecule has 0 rings (SSSR count). The fourth-order valence-electron chi connectivity index (χ4n) is 1.26. The topological polar surface area (TPSA) is 21.3 Å². The van der Waals surface area contributed by atoms with Crippen LogP contribution in [-0.4, -0.2) is 25.8 Å². The molecular weight excluding hydrogens is 186 g/mol. The largest absolute Gasteiger partial charge is 0.380 e. The van der Waals surface area contributed by atoms with E-state index in [9.17, 15) is 0 Å². The second kappa shape index (κ2) is 9.94. The Balaban J connectivity index is 3.67. The Hall–Kier alpha value is -0.600. The van der Waals surface area contributed by atoms with Gasteiger partial charge in [0.05, 0.1) is 6.61 Å². The van der Waals surface area contributed by atoms with Crippen LogP contribution >= 0.6 is 0 Å². The lowest BCUT2D eigenvalue weighted by Crippen LogP contribution is -2.27. The van der Waals surface area contributed by atoms with Crippen LogP contribution in [0.3, 0.4) is 0 Å². The minimum Gasteiger partial charge on any atom is -0.380 e. The first-order chi connectivity index (χ1) is 7.24. The van der Waals surface area contributed by atoms with Crippen LogP contribution in [0.25, 0.3) is 0 Å². The van der Waals surface area contributed by atoms with Gasteiger partial charge in [-0.2, -0.15) is 0 Å². The zero-order valence-corrected chi connectivity index (χ0v) is 10.5. The molecular formula is C13H25NO. The molecule has 0 aromatic rings. The van der Waals surface area contributed by atoms with Crippen LogP contribution in [0.5, 0.6) is 0 Å². The second-order valence-corrected chi connectivity index (χ2v) is 3.52. The van der Waals surface area contributed by atoms with E-state index in [0.29, 0.717) is 6.04 Å². The molecule has 0 spiro atoms. The molecule has 0 aliphatic rings. The van der Waals surface area contributed by atoms with Gasteiger partial charge in [-0.1, -0.05) is 30.7 Å². The highest BCUT2D eigenvalue weighted by molar-refractivity contribution is 5.18. The van der Waals surface area contributed by atoms with Gasteiger partial charge in [-0.25, -0.2) is 0 Å². The van der Waals surface area contributed by atoms with Crippen LogP contribution in [0.15, 0.2) is 23.8 Å². The zero-order valence-electron chi connectivity index (χ0n) is 10.5. The molecule has 0 saturated heterocycles. The Morgan fingerprint density at radius 1 is 1.40 bits per heavy atom. The quantitative estimate of drug-likeness (QED) is 0.492. The van der Waals surface area contributed by atoms with E-state index in [0.717, 1.165) is 26.2 Å². The van der Waals surface area contributed by atoms with Gasteiger partial charge in [0.1, 0.15) is 0 Å². The third-order valence-electron chi connectivity index (χ3n) is 2.29. The molecule has 88 valence electrons. The van der Waals surface area contributed by atoms with Gasteiger partial charge in [-0.3, -0.25) is 0 Å². The summed E-state index contributed by atoms with van der Waals surface area (Å²) in [6.07, 6.45) is 7.64. The maximum absolute atomic E-state index is 5.25. The first kappa shape index (κ1) is 14.4. The summed E-state index contributed by atoms with van der Waals surface area (Å²) < 4.78 is 5.25. The maximum atomic E-state index is 5.25. The minimum atomic E-state index is 0.409. The van der Waals surface area contributed by atoms with Crippen LogP contribution < -0.4 is 5.32 Å². The predicted octanol–water partition coefficient (Wildman–Crippen LogP) is 2.91. The van der Waals surface area contributed by atoms with Gasteiger partial charge < -0.3 is 10.1 Å². The van der Waals surface area contributed by atoms with Crippen molar-refractivity contribution >= 4 is 0 Å². The van der Waals surface area contributed by atoms with Crippen molar-refractivity contribution in [2.75, 3.05) is 19.8 Å². The summed E-state index contributed by atoms with van der Waals surface area (Å²) in [6.45, 7) is 10.9. The van der Waals surface area contributed by atoms with Crippen molar-refractivity contribution in [3.8, 4) is 0 Å². The van der Waals surface area contributed by atoms with Crippen LogP contribution in [0.1, 0.15) is 34.1 Å². The third-order valence-corrected chi connectivity index (χ3v) is 2.29. The van der Waals surface area contributed by atoms with Crippen LogP contribution in [0.4, 0.5) is 0 Å². The molecule has 0 aliphatic heterocycles. The number of ether oxygens (including phenoxy) is 1. The van der Waals surface area contributed by atoms with Gasteiger partial charge >= 0.3 is 0 Å². The molecule has 1 unspecified atom stereocenters. The molecule has 0 radical (unpaired) electrons. The highest BCUT2D eigenvalue weighted by Crippen LogP contribution is 2.02. The first-order valence-electron chi connectivity index (χ1n) is 5.89. The monoisotopic (exact) mass is 211 g/mol. The maximum Gasteiger partial charge on any atom is 0.0590 e. The van der Waals surface area contributed by atoms with Crippen molar-refractivity contribution in [1.82, 2.24) is 5.32 Å². The lowest BCUT2D eigenvalue weighted by molar-refractivity contribution is 0.148. The molecule has 0 aliphatic carbocycles. The van der Waals surface area contributed by atoms with Gasteiger partial charge in [0.2, 0.25) is 0 Å². The van der Waals surface area contributed by atoms with Crippen LogP contribution in [0, 0.1) is 0 Å². The van der Waals surface area contributed by atoms with E-state index in [2.05, 4.69) is 44.3 Å². The van der Waals surface area contributed by atoms with E-state index < -0.39 is 0 Å². The fraction of sp³-hybridized carbons (Fsp3) is 0.692. The van der Waals surface area contributed by atoms with Crippen molar-refractivity contribution in [2.45, 2.75) is 40.2 Å². The Morgan fingerprint density at radius 3 is 2.67 bits per heavy atom. The van der Waals surface area contributed by atoms with Gasteiger partial charge in [0, 0.05) is 19.2 Å². The van der Waals surface area contributed by atoms with Gasteiger partial charge in [-0.15, -0.1) is 0 Å². The van der Waals surface area contributed by atoms with E-state index in [1.165, 1.54) is 5.57 Å². The molecule has 0 bridgehead atoms. The molecule has 2 nitrogen and oxygen atoms in total. The molecule has 1 N–H and O–H groups in total. The average Bonchev–Trinajstić information content (AvgIpc) is 2.26. The molecule has 0 aromatic carbocycles. The SMILES string of the molecule is C/C=C(\C=C/C(C)NCCOCC)CC. The smallest absolute Gasteiger partial charge is 0.0590 e. The first-order valence-corrected chi connectivity index (χ1v) is 5.89. The molecule has 15 heavy (non-hydrogen) atoms. The Kier molecular flexibility index (Phi) is 9.54. The van der Waals surface area contributed by atoms with Gasteiger partial charge in [0.25, 0.3) is 0 Å². The summed E-state index contributed by atoms with van der Waals surface area (Å²) >= 11 is 0. The van der Waals surface area contributed by atoms with Gasteiger partial charge in [-0.05, 0) is 27.2 Å². The lowest BCUT2D eigenvalue weighted by Gasteiger charge is -2.09. The van der Waals surface area contributed by atoms with E-state index in [1.807, 2.05) is 6.92 Å². The number of rotatable bonds is 8. The van der Waals surface area contributed by atoms with Crippen molar-refractivity contribution < 1.29 is 4.74 Å². The second-order valence-electron chi connectivity index (χ2n) is 3.52. The van der Waals surface area contributed by atoms with E-state index in [-0.39, 0.29) is 0 Å². The van der Waals surface area contributed by atoms with E-state index in [4.69, 9.17) is 4.74 Å². The number of nitrogens with one attached hydrogen (secondary N) is 1. The molecule has 0 saturated carbocycles. The predicted molar refractivity (Wildman–Crippen MR) is 67.1 cm³/mol. The number of hydrogen-bond donors (Lipinski definition) is 1. The Bertz CT molecular complexity index is 197. The summed E-state index contributed by atoms with van der Waals surface area (Å²) in [5.74, 6) is 0.